The normalized spacial score (nSPS) is 10.7. The zero-order valence-corrected chi connectivity index (χ0v) is 11.7. The van der Waals surface area contributed by atoms with Gasteiger partial charge in [0.2, 0.25) is 0 Å². The monoisotopic (exact) mass is 286 g/mol. The summed E-state index contributed by atoms with van der Waals surface area (Å²) in [5.41, 5.74) is 1.43. The smallest absolute Gasteiger partial charge is 0.340 e. The fraction of sp³-hybridized carbons (Fsp3) is 0.364. The number of halogens is 1. The van der Waals surface area contributed by atoms with Crippen molar-refractivity contribution in [2.24, 2.45) is 0 Å². The van der Waals surface area contributed by atoms with Gasteiger partial charge in [0.1, 0.15) is 16.3 Å². The third kappa shape index (κ3) is 1.91. The molecule has 7 heteroatoms. The third-order valence-electron chi connectivity index (χ3n) is 2.52. The molecule has 5 nitrogen and oxygen atoms in total. The highest BCUT2D eigenvalue weighted by atomic mass is 35.5. The topological polar surface area (TPSA) is 61.3 Å². The molecule has 96 valence electrons. The van der Waals surface area contributed by atoms with Crippen LogP contribution >= 0.6 is 23.1 Å². The van der Waals surface area contributed by atoms with Crippen LogP contribution in [0.1, 0.15) is 22.8 Å². The molecule has 0 saturated heterocycles. The SMILES string of the molecule is CCOC(=O)c1c(C)c(OC)c(Cl)c2snnc12. The van der Waals surface area contributed by atoms with Gasteiger partial charge < -0.3 is 9.47 Å². The molecule has 0 amide bonds. The number of methoxy groups -OCH3 is 1. The highest BCUT2D eigenvalue weighted by Gasteiger charge is 2.24. The minimum atomic E-state index is -0.442. The van der Waals surface area contributed by atoms with Crippen LogP contribution in [-0.2, 0) is 4.74 Å². The molecular formula is C11H11ClN2O3S. The van der Waals surface area contributed by atoms with E-state index < -0.39 is 5.97 Å². The number of nitrogens with zero attached hydrogens (tertiary/aromatic N) is 2. The van der Waals surface area contributed by atoms with Crippen molar-refractivity contribution in [3.63, 3.8) is 0 Å². The Morgan fingerprint density at radius 2 is 2.22 bits per heavy atom. The first-order valence-corrected chi connectivity index (χ1v) is 6.42. The van der Waals surface area contributed by atoms with Crippen molar-refractivity contribution in [2.75, 3.05) is 13.7 Å². The van der Waals surface area contributed by atoms with Crippen LogP contribution < -0.4 is 4.74 Å². The second kappa shape index (κ2) is 5.07. The zero-order valence-electron chi connectivity index (χ0n) is 10.1. The van der Waals surface area contributed by atoms with Crippen molar-refractivity contribution in [3.8, 4) is 5.75 Å². The first-order valence-electron chi connectivity index (χ1n) is 5.27. The molecule has 0 saturated carbocycles. The summed E-state index contributed by atoms with van der Waals surface area (Å²) >= 11 is 7.32. The average Bonchev–Trinajstić information content (AvgIpc) is 2.79. The summed E-state index contributed by atoms with van der Waals surface area (Å²) in [6.45, 7) is 3.79. The number of hydrogen-bond acceptors (Lipinski definition) is 6. The lowest BCUT2D eigenvalue weighted by Crippen LogP contribution is -2.09. The fourth-order valence-electron chi connectivity index (χ4n) is 1.75. The average molecular weight is 287 g/mol. The van der Waals surface area contributed by atoms with Crippen LogP contribution in [0.25, 0.3) is 10.2 Å². The van der Waals surface area contributed by atoms with Crippen LogP contribution in [0.5, 0.6) is 5.75 Å². The van der Waals surface area contributed by atoms with Crippen LogP contribution in [0.15, 0.2) is 0 Å². The minimum Gasteiger partial charge on any atom is -0.495 e. The largest absolute Gasteiger partial charge is 0.495 e. The maximum absolute atomic E-state index is 12.0. The Morgan fingerprint density at radius 1 is 1.50 bits per heavy atom. The van der Waals surface area contributed by atoms with E-state index in [4.69, 9.17) is 21.1 Å². The van der Waals surface area contributed by atoms with Crippen LogP contribution in [0.3, 0.4) is 0 Å². The number of fused-ring (bicyclic) bond motifs is 1. The van der Waals surface area contributed by atoms with Gasteiger partial charge >= 0.3 is 5.97 Å². The number of carbonyl (C=O) groups is 1. The molecule has 0 fully saturated rings. The van der Waals surface area contributed by atoms with Crippen molar-refractivity contribution >= 4 is 39.3 Å². The van der Waals surface area contributed by atoms with Gasteiger partial charge in [-0.3, -0.25) is 0 Å². The van der Waals surface area contributed by atoms with Gasteiger partial charge in [-0.2, -0.15) is 0 Å². The number of rotatable bonds is 3. The number of hydrogen-bond donors (Lipinski definition) is 0. The summed E-state index contributed by atoms with van der Waals surface area (Å²) in [7, 11) is 1.50. The van der Waals surface area contributed by atoms with Crippen LogP contribution in [0.4, 0.5) is 0 Å². The van der Waals surface area contributed by atoms with Crippen molar-refractivity contribution in [3.05, 3.63) is 16.1 Å². The molecule has 1 aromatic heterocycles. The van der Waals surface area contributed by atoms with E-state index in [0.717, 1.165) is 11.5 Å². The van der Waals surface area contributed by atoms with Crippen molar-refractivity contribution in [1.82, 2.24) is 9.59 Å². The van der Waals surface area contributed by atoms with E-state index in [1.54, 1.807) is 13.8 Å². The Kier molecular flexibility index (Phi) is 3.68. The van der Waals surface area contributed by atoms with E-state index in [1.807, 2.05) is 0 Å². The number of ether oxygens (including phenoxy) is 2. The Balaban J connectivity index is 2.78. The summed E-state index contributed by atoms with van der Waals surface area (Å²) in [6, 6.07) is 0. The lowest BCUT2D eigenvalue weighted by atomic mass is 10.1. The minimum absolute atomic E-state index is 0.294. The zero-order chi connectivity index (χ0) is 13.3. The Bertz CT molecular complexity index is 612. The molecule has 1 aromatic carbocycles. The fourth-order valence-corrected chi connectivity index (χ4v) is 2.77. The molecule has 0 aliphatic heterocycles. The Morgan fingerprint density at radius 3 is 2.83 bits per heavy atom. The molecule has 0 N–H and O–H groups in total. The lowest BCUT2D eigenvalue weighted by Gasteiger charge is -2.12. The predicted octanol–water partition coefficient (Wildman–Crippen LogP) is 2.84. The van der Waals surface area contributed by atoms with Gasteiger partial charge in [0.15, 0.2) is 0 Å². The molecule has 2 aromatic rings. The molecule has 1 heterocycles. The maximum Gasteiger partial charge on any atom is 0.340 e. The standard InChI is InChI=1S/C11H11ClN2O3S/c1-4-17-11(15)6-5(2)9(16-3)7(12)10-8(6)13-14-18-10/h4H2,1-3H3. The third-order valence-corrected chi connectivity index (χ3v) is 3.74. The number of carbonyl (C=O) groups excluding carboxylic acids is 1. The predicted molar refractivity (Wildman–Crippen MR) is 69.7 cm³/mol. The molecule has 0 bridgehead atoms. The molecule has 18 heavy (non-hydrogen) atoms. The maximum atomic E-state index is 12.0. The second-order valence-corrected chi connectivity index (χ2v) is 4.65. The summed E-state index contributed by atoms with van der Waals surface area (Å²) < 4.78 is 14.7. The van der Waals surface area contributed by atoms with Crippen LogP contribution in [0.2, 0.25) is 5.02 Å². The number of benzene rings is 1. The number of aromatic nitrogens is 2. The Hall–Kier alpha value is -1.40. The molecule has 0 atom stereocenters. The van der Waals surface area contributed by atoms with E-state index in [-0.39, 0.29) is 0 Å². The van der Waals surface area contributed by atoms with Crippen molar-refractivity contribution < 1.29 is 14.3 Å². The molecule has 0 radical (unpaired) electrons. The molecule has 2 rings (SSSR count). The second-order valence-electron chi connectivity index (χ2n) is 3.52. The van der Waals surface area contributed by atoms with Gasteiger partial charge in [-0.15, -0.1) is 5.10 Å². The van der Waals surface area contributed by atoms with Crippen molar-refractivity contribution in [1.29, 1.82) is 0 Å². The molecule has 0 unspecified atom stereocenters. The molecule has 0 aliphatic rings. The molecule has 0 aliphatic carbocycles. The Labute approximate surface area is 113 Å². The molecule has 0 spiro atoms. The van der Waals surface area contributed by atoms with Crippen molar-refractivity contribution in [2.45, 2.75) is 13.8 Å². The summed E-state index contributed by atoms with van der Waals surface area (Å²) in [4.78, 5) is 12.0. The van der Waals surface area contributed by atoms with Gasteiger partial charge in [-0.25, -0.2) is 4.79 Å². The van der Waals surface area contributed by atoms with Gasteiger partial charge in [0, 0.05) is 5.56 Å². The summed E-state index contributed by atoms with van der Waals surface area (Å²) in [5.74, 6) is 0.0148. The quantitative estimate of drug-likeness (QED) is 0.812. The van der Waals surface area contributed by atoms with Gasteiger partial charge in [0.25, 0.3) is 0 Å². The van der Waals surface area contributed by atoms with Gasteiger partial charge in [0.05, 0.1) is 24.0 Å². The highest BCUT2D eigenvalue weighted by molar-refractivity contribution is 7.13. The summed E-state index contributed by atoms with van der Waals surface area (Å²) in [5, 5.41) is 4.37. The highest BCUT2D eigenvalue weighted by Crippen LogP contribution is 2.40. The van der Waals surface area contributed by atoms with E-state index >= 15 is 0 Å². The first kappa shape index (κ1) is 13.0. The van der Waals surface area contributed by atoms with E-state index in [2.05, 4.69) is 9.59 Å². The first-order chi connectivity index (χ1) is 8.61. The van der Waals surface area contributed by atoms with E-state index in [0.29, 0.717) is 38.7 Å². The lowest BCUT2D eigenvalue weighted by molar-refractivity contribution is 0.0527. The van der Waals surface area contributed by atoms with E-state index in [9.17, 15) is 4.79 Å². The van der Waals surface area contributed by atoms with Crippen LogP contribution in [-0.4, -0.2) is 29.3 Å². The van der Waals surface area contributed by atoms with Gasteiger partial charge in [-0.05, 0) is 25.4 Å². The number of esters is 1. The summed E-state index contributed by atoms with van der Waals surface area (Å²) in [6.07, 6.45) is 0. The molecular weight excluding hydrogens is 276 g/mol. The van der Waals surface area contributed by atoms with E-state index in [1.165, 1.54) is 7.11 Å². The van der Waals surface area contributed by atoms with Gasteiger partial charge in [-0.1, -0.05) is 16.1 Å². The van der Waals surface area contributed by atoms with Crippen LogP contribution in [0, 0.1) is 6.92 Å².